The number of nitrogens with zero attached hydrogens (tertiary/aromatic N) is 1. The van der Waals surface area contributed by atoms with Crippen molar-refractivity contribution in [1.82, 2.24) is 4.90 Å². The molecule has 0 atom stereocenters. The van der Waals surface area contributed by atoms with E-state index in [1.165, 1.54) is 17.0 Å². The molecule has 1 aliphatic heterocycles. The number of rotatable bonds is 5. The third-order valence-electron chi connectivity index (χ3n) is 6.31. The number of aliphatic carboxylic acids is 1. The third-order valence-corrected chi connectivity index (χ3v) is 6.31. The molecule has 2 N–H and O–H groups in total. The van der Waals surface area contributed by atoms with E-state index in [-0.39, 0.29) is 36.9 Å². The summed E-state index contributed by atoms with van der Waals surface area (Å²) in [6.07, 6.45) is -0.799. The molecule has 0 spiro atoms. The van der Waals surface area contributed by atoms with Gasteiger partial charge in [-0.1, -0.05) is 48.5 Å². The van der Waals surface area contributed by atoms with Gasteiger partial charge in [0.05, 0.1) is 11.6 Å². The highest BCUT2D eigenvalue weighted by atomic mass is 19.1. The molecule has 172 valence electrons. The lowest BCUT2D eigenvalue weighted by Crippen LogP contribution is -2.53. The molecule has 0 saturated carbocycles. The van der Waals surface area contributed by atoms with Gasteiger partial charge in [-0.05, 0) is 40.5 Å². The van der Waals surface area contributed by atoms with E-state index in [0.29, 0.717) is 0 Å². The van der Waals surface area contributed by atoms with E-state index in [0.717, 1.165) is 28.3 Å². The van der Waals surface area contributed by atoms with Gasteiger partial charge < -0.3 is 14.7 Å². The topological polar surface area (TPSA) is 95.9 Å². The maximum Gasteiger partial charge on any atom is 0.411 e. The predicted octanol–water partition coefficient (Wildman–Crippen LogP) is 4.34. The van der Waals surface area contributed by atoms with Crippen molar-refractivity contribution < 1.29 is 28.6 Å². The van der Waals surface area contributed by atoms with E-state index in [1.807, 2.05) is 48.5 Å². The summed E-state index contributed by atoms with van der Waals surface area (Å²) >= 11 is 0. The Morgan fingerprint density at radius 1 is 0.971 bits per heavy atom. The first-order valence-corrected chi connectivity index (χ1v) is 10.9. The molecule has 2 aliphatic rings. The van der Waals surface area contributed by atoms with Crippen LogP contribution in [-0.4, -0.2) is 47.7 Å². The van der Waals surface area contributed by atoms with Gasteiger partial charge in [0.25, 0.3) is 5.91 Å². The molecule has 34 heavy (non-hydrogen) atoms. The second-order valence-electron chi connectivity index (χ2n) is 8.39. The van der Waals surface area contributed by atoms with Crippen LogP contribution >= 0.6 is 0 Å². The van der Waals surface area contributed by atoms with Gasteiger partial charge in [0.2, 0.25) is 0 Å². The molecule has 2 amide bonds. The zero-order valence-electron chi connectivity index (χ0n) is 18.0. The number of fused-ring (bicyclic) bond motifs is 3. The molecule has 1 aliphatic carbocycles. The summed E-state index contributed by atoms with van der Waals surface area (Å²) in [5.41, 5.74) is 4.33. The van der Waals surface area contributed by atoms with E-state index < -0.39 is 29.7 Å². The van der Waals surface area contributed by atoms with Crippen LogP contribution in [0.3, 0.4) is 0 Å². The SMILES string of the molecule is O=C(Nc1ccc(C(=O)N2CC(C(=O)O)C2)cc1F)OCC1c2ccccc2-c2ccccc21. The van der Waals surface area contributed by atoms with Crippen LogP contribution in [0.1, 0.15) is 27.4 Å². The summed E-state index contributed by atoms with van der Waals surface area (Å²) in [5, 5.41) is 11.3. The first-order valence-electron chi connectivity index (χ1n) is 10.9. The molecule has 5 rings (SSSR count). The van der Waals surface area contributed by atoms with E-state index in [9.17, 15) is 18.8 Å². The fourth-order valence-corrected chi connectivity index (χ4v) is 4.48. The molecular weight excluding hydrogens is 439 g/mol. The zero-order chi connectivity index (χ0) is 23.8. The van der Waals surface area contributed by atoms with Gasteiger partial charge in [-0.25, -0.2) is 9.18 Å². The standard InChI is InChI=1S/C26H21FN2O5/c27-22-11-15(24(30)29-12-16(13-29)25(31)32)9-10-23(22)28-26(33)34-14-21-19-7-3-1-5-17(19)18-6-2-4-8-20(18)21/h1-11,16,21H,12-14H2,(H,28,33)(H,31,32). The van der Waals surface area contributed by atoms with Crippen LogP contribution in [-0.2, 0) is 9.53 Å². The molecular formula is C26H21FN2O5. The molecule has 3 aromatic rings. The lowest BCUT2D eigenvalue weighted by Gasteiger charge is -2.36. The smallest absolute Gasteiger partial charge is 0.411 e. The highest BCUT2D eigenvalue weighted by Gasteiger charge is 2.36. The van der Waals surface area contributed by atoms with Crippen LogP contribution in [0.15, 0.2) is 66.7 Å². The molecule has 0 bridgehead atoms. The number of benzene rings is 3. The van der Waals surface area contributed by atoms with E-state index in [2.05, 4.69) is 5.32 Å². The fourth-order valence-electron chi connectivity index (χ4n) is 4.48. The maximum atomic E-state index is 14.6. The fraction of sp³-hybridized carbons (Fsp3) is 0.192. The van der Waals surface area contributed by atoms with Crippen molar-refractivity contribution in [3.63, 3.8) is 0 Å². The molecule has 7 nitrogen and oxygen atoms in total. The number of nitrogens with one attached hydrogen (secondary N) is 1. The van der Waals surface area contributed by atoms with Crippen molar-refractivity contribution in [2.24, 2.45) is 5.92 Å². The van der Waals surface area contributed by atoms with Crippen LogP contribution in [0.25, 0.3) is 11.1 Å². The number of hydrogen-bond acceptors (Lipinski definition) is 4. The van der Waals surface area contributed by atoms with Crippen LogP contribution < -0.4 is 5.32 Å². The average molecular weight is 460 g/mol. The van der Waals surface area contributed by atoms with Crippen molar-refractivity contribution in [1.29, 1.82) is 0 Å². The number of hydrogen-bond donors (Lipinski definition) is 2. The summed E-state index contributed by atoms with van der Waals surface area (Å²) in [6, 6.07) is 19.6. The van der Waals surface area contributed by atoms with Gasteiger partial charge >= 0.3 is 12.1 Å². The number of carbonyl (C=O) groups excluding carboxylic acids is 2. The summed E-state index contributed by atoms with van der Waals surface area (Å²) in [7, 11) is 0. The monoisotopic (exact) mass is 460 g/mol. The number of anilines is 1. The van der Waals surface area contributed by atoms with Gasteiger partial charge in [-0.15, -0.1) is 0 Å². The Balaban J connectivity index is 1.22. The van der Waals surface area contributed by atoms with Crippen molar-refractivity contribution in [3.05, 3.63) is 89.2 Å². The summed E-state index contributed by atoms with van der Waals surface area (Å²) in [5.74, 6) is -2.91. The van der Waals surface area contributed by atoms with Crippen molar-refractivity contribution in [2.45, 2.75) is 5.92 Å². The van der Waals surface area contributed by atoms with Crippen molar-refractivity contribution in [2.75, 3.05) is 25.0 Å². The van der Waals surface area contributed by atoms with Crippen molar-refractivity contribution in [3.8, 4) is 11.1 Å². The molecule has 1 saturated heterocycles. The quantitative estimate of drug-likeness (QED) is 0.591. The zero-order valence-corrected chi connectivity index (χ0v) is 18.0. The number of ether oxygens (including phenoxy) is 1. The van der Waals surface area contributed by atoms with Gasteiger partial charge in [0.1, 0.15) is 12.4 Å². The van der Waals surface area contributed by atoms with Gasteiger partial charge in [0, 0.05) is 24.6 Å². The Morgan fingerprint density at radius 2 is 1.59 bits per heavy atom. The number of carbonyl (C=O) groups is 3. The first kappa shape index (κ1) is 21.6. The number of carboxylic acids is 1. The summed E-state index contributed by atoms with van der Waals surface area (Å²) in [4.78, 5) is 37.0. The number of amides is 2. The Morgan fingerprint density at radius 3 is 2.18 bits per heavy atom. The largest absolute Gasteiger partial charge is 0.481 e. The first-order chi connectivity index (χ1) is 16.4. The Hall–Kier alpha value is -4.20. The lowest BCUT2D eigenvalue weighted by molar-refractivity contribution is -0.146. The van der Waals surface area contributed by atoms with Crippen molar-refractivity contribution >= 4 is 23.7 Å². The van der Waals surface area contributed by atoms with E-state index >= 15 is 0 Å². The Labute approximate surface area is 194 Å². The Bertz CT molecular complexity index is 1260. The highest BCUT2D eigenvalue weighted by Crippen LogP contribution is 2.44. The van der Waals surface area contributed by atoms with Gasteiger partial charge in [0.15, 0.2) is 0 Å². The molecule has 0 unspecified atom stereocenters. The Kier molecular flexibility index (Phi) is 5.49. The minimum Gasteiger partial charge on any atom is -0.481 e. The molecule has 0 radical (unpaired) electrons. The molecule has 1 fully saturated rings. The number of likely N-dealkylation sites (tertiary alicyclic amines) is 1. The average Bonchev–Trinajstić information content (AvgIpc) is 3.11. The highest BCUT2D eigenvalue weighted by molar-refractivity contribution is 5.96. The number of carboxylic acid groups (broad SMARTS) is 1. The van der Waals surface area contributed by atoms with E-state index in [1.54, 1.807) is 0 Å². The van der Waals surface area contributed by atoms with Gasteiger partial charge in [-0.2, -0.15) is 0 Å². The van der Waals surface area contributed by atoms with E-state index in [4.69, 9.17) is 9.84 Å². The lowest BCUT2D eigenvalue weighted by atomic mass is 9.98. The second kappa shape index (κ2) is 8.62. The molecule has 3 aromatic carbocycles. The summed E-state index contributed by atoms with van der Waals surface area (Å²) in [6.45, 7) is 0.281. The molecule has 8 heteroatoms. The van der Waals surface area contributed by atoms with Crippen LogP contribution in [0, 0.1) is 11.7 Å². The normalized spacial score (nSPS) is 14.7. The third kappa shape index (κ3) is 3.87. The van der Waals surface area contributed by atoms with Gasteiger partial charge in [-0.3, -0.25) is 14.9 Å². The number of halogens is 1. The van der Waals surface area contributed by atoms with Crippen LogP contribution in [0.2, 0.25) is 0 Å². The maximum absolute atomic E-state index is 14.6. The predicted molar refractivity (Wildman–Crippen MR) is 122 cm³/mol. The molecule has 0 aromatic heterocycles. The minimum atomic E-state index is -0.960. The second-order valence-corrected chi connectivity index (χ2v) is 8.39. The van der Waals surface area contributed by atoms with Crippen LogP contribution in [0.4, 0.5) is 14.9 Å². The minimum absolute atomic E-state index is 0.0828. The van der Waals surface area contributed by atoms with Crippen LogP contribution in [0.5, 0.6) is 0 Å². The molecule has 1 heterocycles. The summed E-state index contributed by atoms with van der Waals surface area (Å²) < 4.78 is 20.0.